The maximum Gasteiger partial charge on any atom is 0.162 e. The third-order valence-corrected chi connectivity index (χ3v) is 1.91. The molecule has 1 heterocycles. The Kier molecular flexibility index (Phi) is 3.39. The van der Waals surface area contributed by atoms with Crippen LogP contribution in [0.15, 0.2) is 12.3 Å². The normalized spacial score (nSPS) is 9.86. The lowest BCUT2D eigenvalue weighted by Crippen LogP contribution is -2.24. The Labute approximate surface area is 83.4 Å². The largest absolute Gasteiger partial charge is 0.384 e. The van der Waals surface area contributed by atoms with Gasteiger partial charge in [0.15, 0.2) is 5.82 Å². The minimum absolute atomic E-state index is 0.0258. The van der Waals surface area contributed by atoms with E-state index in [4.69, 9.17) is 11.1 Å². The summed E-state index contributed by atoms with van der Waals surface area (Å²) in [4.78, 5) is 1.95. The van der Waals surface area contributed by atoms with E-state index in [0.29, 0.717) is 11.4 Å². The zero-order valence-corrected chi connectivity index (χ0v) is 8.49. The second kappa shape index (κ2) is 4.55. The molecule has 0 unspecified atom stereocenters. The minimum atomic E-state index is 0.0258. The van der Waals surface area contributed by atoms with Crippen molar-refractivity contribution in [2.45, 2.75) is 13.3 Å². The molecule has 0 spiro atoms. The molecule has 1 aromatic rings. The van der Waals surface area contributed by atoms with Crippen molar-refractivity contribution in [3.8, 4) is 0 Å². The number of anilines is 1. The van der Waals surface area contributed by atoms with E-state index in [1.54, 1.807) is 12.3 Å². The monoisotopic (exact) mass is 193 g/mol. The highest BCUT2D eigenvalue weighted by molar-refractivity contribution is 5.99. The lowest BCUT2D eigenvalue weighted by Gasteiger charge is -2.18. The molecular weight excluding hydrogens is 178 g/mol. The molecule has 1 rings (SSSR count). The summed E-state index contributed by atoms with van der Waals surface area (Å²) in [6.07, 6.45) is 2.56. The van der Waals surface area contributed by atoms with Gasteiger partial charge in [-0.1, -0.05) is 6.92 Å². The number of nitrogens with one attached hydrogen (secondary N) is 1. The van der Waals surface area contributed by atoms with Crippen LogP contribution in [0, 0.1) is 5.41 Å². The molecule has 0 radical (unpaired) electrons. The summed E-state index contributed by atoms with van der Waals surface area (Å²) in [5.41, 5.74) is 6.07. The maximum atomic E-state index is 7.39. The van der Waals surface area contributed by atoms with E-state index < -0.39 is 0 Å². The Bertz CT molecular complexity index is 323. The average molecular weight is 193 g/mol. The van der Waals surface area contributed by atoms with Crippen molar-refractivity contribution >= 4 is 11.7 Å². The van der Waals surface area contributed by atoms with Gasteiger partial charge in [-0.2, -0.15) is 5.10 Å². The van der Waals surface area contributed by atoms with Gasteiger partial charge in [-0.25, -0.2) is 0 Å². The first-order valence-corrected chi connectivity index (χ1v) is 4.54. The summed E-state index contributed by atoms with van der Waals surface area (Å²) < 4.78 is 0. The number of nitrogens with two attached hydrogens (primary N) is 1. The molecule has 0 saturated carbocycles. The van der Waals surface area contributed by atoms with Crippen LogP contribution in [0.3, 0.4) is 0 Å². The Balaban J connectivity index is 3.00. The van der Waals surface area contributed by atoms with Crippen LogP contribution in [0.1, 0.15) is 18.9 Å². The number of hydrogen-bond acceptors (Lipinski definition) is 4. The molecule has 5 heteroatoms. The lowest BCUT2D eigenvalue weighted by atomic mass is 10.2. The average Bonchev–Trinajstić information content (AvgIpc) is 2.18. The maximum absolute atomic E-state index is 7.39. The molecule has 0 bridgehead atoms. The molecule has 0 amide bonds. The van der Waals surface area contributed by atoms with Crippen molar-refractivity contribution in [2.24, 2.45) is 5.73 Å². The van der Waals surface area contributed by atoms with Crippen LogP contribution in [0.5, 0.6) is 0 Å². The molecule has 14 heavy (non-hydrogen) atoms. The molecule has 0 atom stereocenters. The van der Waals surface area contributed by atoms with E-state index in [2.05, 4.69) is 17.1 Å². The topological polar surface area (TPSA) is 78.9 Å². The number of amidine groups is 1. The van der Waals surface area contributed by atoms with Gasteiger partial charge in [0, 0.05) is 13.6 Å². The predicted octanol–water partition coefficient (Wildman–Crippen LogP) is 0.607. The summed E-state index contributed by atoms with van der Waals surface area (Å²) >= 11 is 0. The predicted molar refractivity (Wildman–Crippen MR) is 56.6 cm³/mol. The second-order valence-electron chi connectivity index (χ2n) is 3.10. The van der Waals surface area contributed by atoms with Gasteiger partial charge in [0.25, 0.3) is 0 Å². The molecular formula is C9H15N5. The molecule has 76 valence electrons. The highest BCUT2D eigenvalue weighted by Crippen LogP contribution is 2.13. The zero-order valence-electron chi connectivity index (χ0n) is 8.49. The van der Waals surface area contributed by atoms with Crippen LogP contribution in [0.2, 0.25) is 0 Å². The smallest absolute Gasteiger partial charge is 0.162 e. The molecule has 0 saturated heterocycles. The van der Waals surface area contributed by atoms with Crippen LogP contribution < -0.4 is 10.6 Å². The number of aromatic nitrogens is 2. The molecule has 1 aromatic heterocycles. The van der Waals surface area contributed by atoms with Crippen molar-refractivity contribution in [1.29, 1.82) is 5.41 Å². The Morgan fingerprint density at radius 1 is 1.64 bits per heavy atom. The Morgan fingerprint density at radius 3 is 2.93 bits per heavy atom. The standard InChI is InChI=1S/C9H15N5/c1-3-6-14(2)9-7(8(10)11)4-5-12-13-9/h4-5H,3,6H2,1-2H3,(H3,10,11). The van der Waals surface area contributed by atoms with E-state index in [9.17, 15) is 0 Å². The second-order valence-corrected chi connectivity index (χ2v) is 3.10. The fourth-order valence-corrected chi connectivity index (χ4v) is 1.26. The molecule has 3 N–H and O–H groups in total. The van der Waals surface area contributed by atoms with Crippen LogP contribution in [-0.2, 0) is 0 Å². The summed E-state index contributed by atoms with van der Waals surface area (Å²) in [7, 11) is 1.92. The summed E-state index contributed by atoms with van der Waals surface area (Å²) in [5, 5.41) is 15.1. The molecule has 0 fully saturated rings. The molecule has 5 nitrogen and oxygen atoms in total. The summed E-state index contributed by atoms with van der Waals surface area (Å²) in [6, 6.07) is 1.71. The van der Waals surface area contributed by atoms with Gasteiger partial charge in [0.05, 0.1) is 11.8 Å². The Morgan fingerprint density at radius 2 is 2.36 bits per heavy atom. The number of hydrogen-bond donors (Lipinski definition) is 2. The highest BCUT2D eigenvalue weighted by atomic mass is 15.2. The van der Waals surface area contributed by atoms with Gasteiger partial charge >= 0.3 is 0 Å². The minimum Gasteiger partial charge on any atom is -0.384 e. The van der Waals surface area contributed by atoms with Gasteiger partial charge in [-0.05, 0) is 12.5 Å². The van der Waals surface area contributed by atoms with Gasteiger partial charge < -0.3 is 10.6 Å². The SMILES string of the molecule is CCCN(C)c1nnccc1C(=N)N. The third kappa shape index (κ3) is 2.18. The highest BCUT2D eigenvalue weighted by Gasteiger charge is 2.10. The van der Waals surface area contributed by atoms with Crippen LogP contribution >= 0.6 is 0 Å². The van der Waals surface area contributed by atoms with Crippen molar-refractivity contribution in [3.05, 3.63) is 17.8 Å². The fraction of sp³-hybridized carbons (Fsp3) is 0.444. The van der Waals surface area contributed by atoms with Crippen LogP contribution in [0.4, 0.5) is 5.82 Å². The van der Waals surface area contributed by atoms with Crippen molar-refractivity contribution in [3.63, 3.8) is 0 Å². The van der Waals surface area contributed by atoms with Crippen molar-refractivity contribution in [1.82, 2.24) is 10.2 Å². The summed E-state index contributed by atoms with van der Waals surface area (Å²) in [5.74, 6) is 0.694. The van der Waals surface area contributed by atoms with E-state index in [1.807, 2.05) is 11.9 Å². The first-order chi connectivity index (χ1) is 6.66. The number of rotatable bonds is 4. The lowest BCUT2D eigenvalue weighted by molar-refractivity contribution is 0.819. The van der Waals surface area contributed by atoms with Crippen LogP contribution in [0.25, 0.3) is 0 Å². The Hall–Kier alpha value is -1.65. The van der Waals surface area contributed by atoms with Crippen LogP contribution in [-0.4, -0.2) is 29.6 Å². The van der Waals surface area contributed by atoms with Gasteiger partial charge in [-0.3, -0.25) is 5.41 Å². The van der Waals surface area contributed by atoms with E-state index in [1.165, 1.54) is 0 Å². The van der Waals surface area contributed by atoms with E-state index >= 15 is 0 Å². The van der Waals surface area contributed by atoms with Gasteiger partial charge in [0.2, 0.25) is 0 Å². The number of nitrogens with zero attached hydrogens (tertiary/aromatic N) is 3. The fourth-order valence-electron chi connectivity index (χ4n) is 1.26. The van der Waals surface area contributed by atoms with Crippen molar-refractivity contribution < 1.29 is 0 Å². The molecule has 0 aromatic carbocycles. The first kappa shape index (κ1) is 10.4. The van der Waals surface area contributed by atoms with Gasteiger partial charge in [0.1, 0.15) is 5.84 Å². The van der Waals surface area contributed by atoms with E-state index in [0.717, 1.165) is 13.0 Å². The van der Waals surface area contributed by atoms with Crippen molar-refractivity contribution in [2.75, 3.05) is 18.5 Å². The molecule has 0 aliphatic heterocycles. The molecule has 0 aliphatic rings. The quantitative estimate of drug-likeness (QED) is 0.542. The first-order valence-electron chi connectivity index (χ1n) is 4.54. The van der Waals surface area contributed by atoms with Gasteiger partial charge in [-0.15, -0.1) is 5.10 Å². The van der Waals surface area contributed by atoms with E-state index in [-0.39, 0.29) is 5.84 Å². The third-order valence-electron chi connectivity index (χ3n) is 1.91. The molecule has 0 aliphatic carbocycles. The summed E-state index contributed by atoms with van der Waals surface area (Å²) in [6.45, 7) is 2.96. The number of nitrogen functional groups attached to an aromatic ring is 1. The zero-order chi connectivity index (χ0) is 10.6.